The van der Waals surface area contributed by atoms with Crippen LogP contribution in [0, 0.1) is 0 Å². The van der Waals surface area contributed by atoms with Gasteiger partial charge in [0.15, 0.2) is 0 Å². The van der Waals surface area contributed by atoms with Crippen LogP contribution < -0.4 is 12.4 Å². The molecule has 5 nitrogen and oxygen atoms in total. The number of rotatable bonds is 6. The van der Waals surface area contributed by atoms with Gasteiger partial charge in [-0.15, -0.1) is 0 Å². The molecule has 0 aromatic rings. The average Bonchev–Trinajstić information content (AvgIpc) is 2.44. The minimum atomic E-state index is -3.92. The van der Waals surface area contributed by atoms with Crippen molar-refractivity contribution in [2.45, 2.75) is 41.5 Å². The summed E-state index contributed by atoms with van der Waals surface area (Å²) in [7, 11) is 0.667. The van der Waals surface area contributed by atoms with Crippen LogP contribution >= 0.6 is 0 Å². The van der Waals surface area contributed by atoms with Crippen molar-refractivity contribution in [1.82, 2.24) is 0 Å². The van der Waals surface area contributed by atoms with Gasteiger partial charge in [0.05, 0.1) is 63.5 Å². The van der Waals surface area contributed by atoms with E-state index >= 15 is 0 Å². The summed E-state index contributed by atoms with van der Waals surface area (Å²) in [6.45, 7) is 21.0. The Balaban J connectivity index is -0.000000111. The molecular weight excluding hydrogens is 324 g/mol. The topological polar surface area (TPSA) is 57.2 Å². The largest absolute Gasteiger partial charge is 1.00 e. The third-order valence-corrected chi connectivity index (χ3v) is 4.58. The third kappa shape index (κ3) is 22.4. The smallest absolute Gasteiger partial charge is 0.0916 e. The molecule has 0 bridgehead atoms. The van der Waals surface area contributed by atoms with E-state index in [0.29, 0.717) is 6.26 Å². The molecule has 0 aromatic heterocycles. The fourth-order valence-electron chi connectivity index (χ4n) is 1.34. The van der Waals surface area contributed by atoms with Gasteiger partial charge in [-0.05, 0) is 41.5 Å². The van der Waals surface area contributed by atoms with E-state index in [4.69, 9.17) is 13.0 Å². The van der Waals surface area contributed by atoms with Crippen molar-refractivity contribution >= 4 is 10.1 Å². The van der Waals surface area contributed by atoms with Gasteiger partial charge in [0.2, 0.25) is 0 Å². The number of nitrogens with zero attached hydrogens (tertiary/aromatic N) is 2. The van der Waals surface area contributed by atoms with Gasteiger partial charge in [0, 0.05) is 6.26 Å². The molecule has 0 N–H and O–H groups in total. The highest BCUT2D eigenvalue weighted by Crippen LogP contribution is 1.98. The Bertz CT molecular complexity index is 285. The maximum Gasteiger partial charge on any atom is 0.0916 e. The van der Waals surface area contributed by atoms with Crippen molar-refractivity contribution in [3.63, 3.8) is 0 Å². The lowest BCUT2D eigenvalue weighted by molar-refractivity contribution is -0.904. The maximum atomic E-state index is 9.08. The summed E-state index contributed by atoms with van der Waals surface area (Å²) in [6.07, 6.45) is 0.604. The first-order chi connectivity index (χ1) is 9.36. The van der Waals surface area contributed by atoms with E-state index in [9.17, 15) is 0 Å². The molecule has 0 aliphatic carbocycles. The molecule has 0 aliphatic heterocycles. The summed E-state index contributed by atoms with van der Waals surface area (Å²) in [5, 5.41) is 0. The van der Waals surface area contributed by atoms with E-state index in [-0.39, 0.29) is 12.4 Å². The van der Waals surface area contributed by atoms with Gasteiger partial charge in [-0.1, -0.05) is 0 Å². The number of hydrogen-bond donors (Lipinski definition) is 0. The molecule has 0 unspecified atom stereocenters. The van der Waals surface area contributed by atoms with Crippen LogP contribution in [0.3, 0.4) is 0 Å². The predicted molar refractivity (Wildman–Crippen MR) is 91.2 cm³/mol. The molecule has 7 heteroatoms. The maximum absolute atomic E-state index is 9.08. The zero-order valence-electron chi connectivity index (χ0n) is 16.1. The van der Waals surface area contributed by atoms with Crippen LogP contribution in [0.1, 0.15) is 41.5 Å². The Labute approximate surface area is 146 Å². The molecule has 0 heterocycles. The van der Waals surface area contributed by atoms with E-state index in [1.54, 1.807) is 0 Å². The predicted octanol–water partition coefficient (Wildman–Crippen LogP) is -0.849. The third-order valence-electron chi connectivity index (χ3n) is 4.58. The Morgan fingerprint density at radius 1 is 0.682 bits per heavy atom. The summed E-state index contributed by atoms with van der Waals surface area (Å²) in [6, 6.07) is 0. The molecule has 0 saturated carbocycles. The molecule has 0 rings (SSSR count). The van der Waals surface area contributed by atoms with Gasteiger partial charge in [-0.25, -0.2) is 8.42 Å². The van der Waals surface area contributed by atoms with Crippen molar-refractivity contribution in [2.24, 2.45) is 0 Å². The van der Waals surface area contributed by atoms with Gasteiger partial charge in [0.1, 0.15) is 0 Å². The second-order valence-corrected chi connectivity index (χ2v) is 7.25. The molecule has 140 valence electrons. The minimum absolute atomic E-state index is 0. The lowest BCUT2D eigenvalue weighted by atomic mass is 10.4. The van der Waals surface area contributed by atoms with E-state index in [2.05, 4.69) is 55.6 Å². The summed E-state index contributed by atoms with van der Waals surface area (Å²) in [4.78, 5) is 0. The second-order valence-electron chi connectivity index (χ2n) is 5.84. The summed E-state index contributed by atoms with van der Waals surface area (Å²) in [5.74, 6) is 0. The van der Waals surface area contributed by atoms with E-state index in [0.717, 1.165) is 0 Å². The number of halogens is 1. The molecule has 0 saturated heterocycles. The Morgan fingerprint density at radius 3 is 0.773 bits per heavy atom. The van der Waals surface area contributed by atoms with Crippen LogP contribution in [0.25, 0.3) is 0 Å². The van der Waals surface area contributed by atoms with Crippen molar-refractivity contribution in [3.05, 3.63) is 0 Å². The highest BCUT2D eigenvalue weighted by Gasteiger charge is 2.11. The van der Waals surface area contributed by atoms with Crippen molar-refractivity contribution in [3.8, 4) is 0 Å². The van der Waals surface area contributed by atoms with Gasteiger partial charge in [0.25, 0.3) is 0 Å². The lowest BCUT2D eigenvalue weighted by Gasteiger charge is -2.30. The summed E-state index contributed by atoms with van der Waals surface area (Å²) >= 11 is 0. The van der Waals surface area contributed by atoms with Gasteiger partial charge >= 0.3 is 0 Å². The van der Waals surface area contributed by atoms with Crippen molar-refractivity contribution < 1.29 is 34.3 Å². The molecule has 0 aromatic carbocycles. The van der Waals surface area contributed by atoms with Crippen LogP contribution in [0.4, 0.5) is 0 Å². The quantitative estimate of drug-likeness (QED) is 0.457. The van der Waals surface area contributed by atoms with Crippen molar-refractivity contribution in [2.75, 3.05) is 59.6 Å². The summed E-state index contributed by atoms with van der Waals surface area (Å²) < 4.78 is 29.6. The monoisotopic (exact) mass is 362 g/mol. The molecular formula is C15H39ClN2O3S. The molecule has 0 amide bonds. The van der Waals surface area contributed by atoms with E-state index < -0.39 is 10.1 Å². The highest BCUT2D eigenvalue weighted by molar-refractivity contribution is 7.84. The second kappa shape index (κ2) is 14.7. The van der Waals surface area contributed by atoms with Crippen LogP contribution in [0.15, 0.2) is 0 Å². The highest BCUT2D eigenvalue weighted by atomic mass is 35.5. The molecule has 0 spiro atoms. The molecule has 0 fully saturated rings. The van der Waals surface area contributed by atoms with E-state index in [1.165, 1.54) is 48.2 Å². The first kappa shape index (κ1) is 30.1. The fourth-order valence-corrected chi connectivity index (χ4v) is 1.34. The van der Waals surface area contributed by atoms with Crippen molar-refractivity contribution in [1.29, 1.82) is 0 Å². The van der Waals surface area contributed by atoms with Crippen LogP contribution in [0.5, 0.6) is 0 Å². The molecule has 0 atom stereocenters. The zero-order valence-corrected chi connectivity index (χ0v) is 17.7. The number of hydrogen-bond acceptors (Lipinski definition) is 3. The van der Waals surface area contributed by atoms with Gasteiger partial charge < -0.3 is 25.9 Å². The minimum Gasteiger partial charge on any atom is -1.00 e. The Kier molecular flexibility index (Phi) is 20.1. The first-order valence-corrected chi connectivity index (χ1v) is 9.76. The van der Waals surface area contributed by atoms with Crippen LogP contribution in [-0.2, 0) is 10.1 Å². The average molecular weight is 363 g/mol. The molecule has 0 radical (unpaired) electrons. The lowest BCUT2D eigenvalue weighted by Crippen LogP contribution is -3.00. The Hall–Kier alpha value is 0.120. The molecule has 22 heavy (non-hydrogen) atoms. The normalized spacial score (nSPS) is 11.4. The zero-order chi connectivity index (χ0) is 17.7. The van der Waals surface area contributed by atoms with Gasteiger partial charge in [-0.3, -0.25) is 0 Å². The number of quaternary nitrogens is 2. The fraction of sp³-hybridized carbons (Fsp3) is 1.00. The summed E-state index contributed by atoms with van der Waals surface area (Å²) in [5.41, 5.74) is 0. The van der Waals surface area contributed by atoms with Gasteiger partial charge in [-0.2, -0.15) is 0 Å². The standard InChI is InChI=1S/2C7H18N.CH4O3S.ClH/c2*1-5-8(4,6-2)7-3;1-5(2,3)4;/h2*5-7H2,1-4H3;1H3,(H,2,3,4);1H/q2*+1;;/p-2. The van der Waals surface area contributed by atoms with Crippen LogP contribution in [-0.4, -0.2) is 81.6 Å². The Morgan fingerprint density at radius 2 is 0.773 bits per heavy atom. The van der Waals surface area contributed by atoms with Crippen LogP contribution in [0.2, 0.25) is 0 Å². The molecule has 0 aliphatic rings. The SMILES string of the molecule is CC[N+](C)(CC)CC.CC[N+](C)(CC)CC.CS(=O)(=O)[O-].[Cl-]. The van der Waals surface area contributed by atoms with E-state index in [1.807, 2.05) is 0 Å². The first-order valence-electron chi connectivity index (χ1n) is 7.94.